The molecule has 1 aromatic heterocycles. The van der Waals surface area contributed by atoms with Crippen molar-refractivity contribution in [2.24, 2.45) is 7.05 Å². The lowest BCUT2D eigenvalue weighted by atomic mass is 10.0. The molecule has 10 heteroatoms. The second-order valence-corrected chi connectivity index (χ2v) is 6.76. The summed E-state index contributed by atoms with van der Waals surface area (Å²) in [5.74, 6) is -0.381. The molecule has 0 aliphatic rings. The largest absolute Gasteiger partial charge is 0.456 e. The second-order valence-electron chi connectivity index (χ2n) is 5.92. The van der Waals surface area contributed by atoms with Crippen molar-refractivity contribution in [2.45, 2.75) is 6.92 Å². The Morgan fingerprint density at radius 1 is 1.21 bits per heavy atom. The number of halogens is 2. The van der Waals surface area contributed by atoms with Crippen LogP contribution in [0.3, 0.4) is 0 Å². The van der Waals surface area contributed by atoms with Gasteiger partial charge in [-0.1, -0.05) is 23.2 Å². The van der Waals surface area contributed by atoms with E-state index < -0.39 is 22.0 Å². The van der Waals surface area contributed by atoms with Gasteiger partial charge in [0.2, 0.25) is 5.78 Å². The van der Waals surface area contributed by atoms with Crippen LogP contribution in [0, 0.1) is 17.0 Å². The zero-order valence-electron chi connectivity index (χ0n) is 14.7. The summed E-state index contributed by atoms with van der Waals surface area (Å²) in [5, 5.41) is 14.7. The molecule has 3 rings (SSSR count). The molecule has 8 nitrogen and oxygen atoms in total. The van der Waals surface area contributed by atoms with Crippen molar-refractivity contribution in [2.75, 3.05) is 0 Å². The molecule has 0 saturated carbocycles. The number of nitro groups is 1. The first-order valence-electron chi connectivity index (χ1n) is 7.90. The van der Waals surface area contributed by atoms with Crippen molar-refractivity contribution in [1.29, 1.82) is 0 Å². The van der Waals surface area contributed by atoms with Crippen LogP contribution in [-0.4, -0.2) is 20.5 Å². The van der Waals surface area contributed by atoms with Gasteiger partial charge in [0.1, 0.15) is 22.6 Å². The summed E-state index contributed by atoms with van der Waals surface area (Å²) in [6.07, 6.45) is 0. The summed E-state index contributed by atoms with van der Waals surface area (Å²) < 4.78 is 6.76. The number of ketones is 1. The molecular weight excluding hydrogens is 409 g/mol. The lowest BCUT2D eigenvalue weighted by molar-refractivity contribution is -0.385. The van der Waals surface area contributed by atoms with Crippen molar-refractivity contribution in [3.8, 4) is 11.5 Å². The Morgan fingerprint density at radius 2 is 1.93 bits per heavy atom. The summed E-state index contributed by atoms with van der Waals surface area (Å²) >= 11 is 11.9. The standard InChI is InChI=1S/C18H13Cl2N3O5/c1-9-16(18(25)22(2)21-9)17(24)12-8-11(4-5-14(12)23(26)27)28-15-6-3-10(19)7-13(15)20/h3-8,21H,1-2H3. The van der Waals surface area contributed by atoms with E-state index >= 15 is 0 Å². The van der Waals surface area contributed by atoms with Crippen LogP contribution in [0.1, 0.15) is 21.6 Å². The maximum atomic E-state index is 12.9. The van der Waals surface area contributed by atoms with Crippen LogP contribution in [0.2, 0.25) is 10.0 Å². The highest BCUT2D eigenvalue weighted by Gasteiger charge is 2.27. The Balaban J connectivity index is 2.09. The van der Waals surface area contributed by atoms with Gasteiger partial charge in [0.15, 0.2) is 0 Å². The second kappa shape index (κ2) is 7.49. The third-order valence-corrected chi connectivity index (χ3v) is 4.52. The average molecular weight is 422 g/mol. The number of carbonyl (C=O) groups is 1. The van der Waals surface area contributed by atoms with Crippen molar-refractivity contribution in [3.63, 3.8) is 0 Å². The van der Waals surface area contributed by atoms with Gasteiger partial charge in [-0.3, -0.25) is 29.5 Å². The van der Waals surface area contributed by atoms with Crippen LogP contribution in [0.4, 0.5) is 5.69 Å². The van der Waals surface area contributed by atoms with Crippen LogP contribution in [0.25, 0.3) is 0 Å². The fourth-order valence-electron chi connectivity index (χ4n) is 2.69. The molecule has 3 aromatic rings. The van der Waals surface area contributed by atoms with E-state index in [1.165, 1.54) is 38.2 Å². The highest BCUT2D eigenvalue weighted by atomic mass is 35.5. The average Bonchev–Trinajstić information content (AvgIpc) is 2.88. The number of aromatic nitrogens is 2. The number of hydrogen-bond acceptors (Lipinski definition) is 5. The number of H-pyrrole nitrogens is 1. The summed E-state index contributed by atoms with van der Waals surface area (Å²) in [5.41, 5.74) is -1.16. The quantitative estimate of drug-likeness (QED) is 0.376. The molecule has 0 aliphatic carbocycles. The Hall–Kier alpha value is -3.10. The number of benzene rings is 2. The fourth-order valence-corrected chi connectivity index (χ4v) is 3.14. The van der Waals surface area contributed by atoms with E-state index in [-0.39, 0.29) is 27.6 Å². The van der Waals surface area contributed by atoms with E-state index in [0.717, 1.165) is 10.7 Å². The van der Waals surface area contributed by atoms with E-state index in [1.54, 1.807) is 6.07 Å². The number of hydrogen-bond donors (Lipinski definition) is 1. The number of ether oxygens (including phenoxy) is 1. The van der Waals surface area contributed by atoms with Crippen LogP contribution < -0.4 is 10.3 Å². The minimum absolute atomic E-state index is 0.142. The topological polar surface area (TPSA) is 107 Å². The normalized spacial score (nSPS) is 10.7. The lowest BCUT2D eigenvalue weighted by Gasteiger charge is -2.09. The predicted octanol–water partition coefficient (Wildman–Crippen LogP) is 4.26. The minimum Gasteiger partial charge on any atom is -0.456 e. The Kier molecular flexibility index (Phi) is 5.26. The van der Waals surface area contributed by atoms with Gasteiger partial charge in [-0.05, 0) is 37.3 Å². The molecule has 0 atom stereocenters. The highest BCUT2D eigenvalue weighted by molar-refractivity contribution is 6.35. The Morgan fingerprint density at radius 3 is 2.50 bits per heavy atom. The van der Waals surface area contributed by atoms with Gasteiger partial charge in [0.05, 0.1) is 9.95 Å². The van der Waals surface area contributed by atoms with Crippen molar-refractivity contribution >= 4 is 34.7 Å². The lowest BCUT2D eigenvalue weighted by Crippen LogP contribution is -2.20. The molecular formula is C18H13Cl2N3O5. The van der Waals surface area contributed by atoms with Gasteiger partial charge in [0.25, 0.3) is 11.2 Å². The van der Waals surface area contributed by atoms with Crippen LogP contribution >= 0.6 is 23.2 Å². The summed E-state index contributed by atoms with van der Waals surface area (Å²) in [4.78, 5) is 35.8. The molecule has 0 saturated heterocycles. The monoisotopic (exact) mass is 421 g/mol. The first kappa shape index (κ1) is 19.7. The molecule has 1 N–H and O–H groups in total. The van der Waals surface area contributed by atoms with E-state index in [9.17, 15) is 19.7 Å². The number of nitrogens with one attached hydrogen (secondary N) is 1. The molecule has 1 heterocycles. The van der Waals surface area contributed by atoms with Gasteiger partial charge in [-0.2, -0.15) is 0 Å². The molecule has 0 spiro atoms. The molecule has 0 bridgehead atoms. The highest BCUT2D eigenvalue weighted by Crippen LogP contribution is 2.34. The number of aromatic amines is 1. The Bertz CT molecular complexity index is 1170. The third kappa shape index (κ3) is 3.64. The molecule has 0 fully saturated rings. The first-order chi connectivity index (χ1) is 13.2. The van der Waals surface area contributed by atoms with Gasteiger partial charge < -0.3 is 4.74 Å². The van der Waals surface area contributed by atoms with Gasteiger partial charge >= 0.3 is 0 Å². The van der Waals surface area contributed by atoms with Gasteiger partial charge in [0, 0.05) is 23.8 Å². The number of nitrogens with zero attached hydrogens (tertiary/aromatic N) is 2. The molecule has 144 valence electrons. The van der Waals surface area contributed by atoms with Crippen LogP contribution in [-0.2, 0) is 7.05 Å². The first-order valence-corrected chi connectivity index (χ1v) is 8.66. The van der Waals surface area contributed by atoms with Crippen molar-refractivity contribution < 1.29 is 14.5 Å². The van der Waals surface area contributed by atoms with Crippen molar-refractivity contribution in [1.82, 2.24) is 9.78 Å². The number of rotatable bonds is 5. The number of carbonyl (C=O) groups excluding carboxylic acids is 1. The number of nitro benzene ring substituents is 1. The maximum absolute atomic E-state index is 12.9. The van der Waals surface area contributed by atoms with Gasteiger partial charge in [-0.25, -0.2) is 0 Å². The van der Waals surface area contributed by atoms with Gasteiger partial charge in [-0.15, -0.1) is 0 Å². The molecule has 2 aromatic carbocycles. The van der Waals surface area contributed by atoms with Crippen molar-refractivity contribution in [3.05, 3.63) is 83.7 Å². The smallest absolute Gasteiger partial charge is 0.280 e. The summed E-state index contributed by atoms with van der Waals surface area (Å²) in [6, 6.07) is 8.24. The molecule has 0 unspecified atom stereocenters. The van der Waals surface area contributed by atoms with E-state index in [4.69, 9.17) is 27.9 Å². The van der Waals surface area contributed by atoms with E-state index in [0.29, 0.717) is 10.7 Å². The van der Waals surface area contributed by atoms with E-state index in [1.807, 2.05) is 0 Å². The van der Waals surface area contributed by atoms with Crippen LogP contribution in [0.15, 0.2) is 41.2 Å². The number of aryl methyl sites for hydroxylation is 2. The van der Waals surface area contributed by atoms with E-state index in [2.05, 4.69) is 5.10 Å². The SMILES string of the molecule is Cc1[nH]n(C)c(=O)c1C(=O)c1cc(Oc2ccc(Cl)cc2Cl)ccc1[N+](=O)[O-]. The predicted molar refractivity (Wildman–Crippen MR) is 104 cm³/mol. The zero-order valence-corrected chi connectivity index (χ0v) is 16.2. The summed E-state index contributed by atoms with van der Waals surface area (Å²) in [7, 11) is 1.45. The molecule has 28 heavy (non-hydrogen) atoms. The molecule has 0 aliphatic heterocycles. The zero-order chi connectivity index (χ0) is 20.6. The Labute approximate surface area is 168 Å². The molecule has 0 radical (unpaired) electrons. The molecule has 0 amide bonds. The fraction of sp³-hybridized carbons (Fsp3) is 0.111. The third-order valence-electron chi connectivity index (χ3n) is 3.99. The summed E-state index contributed by atoms with van der Waals surface area (Å²) in [6.45, 7) is 1.54. The maximum Gasteiger partial charge on any atom is 0.280 e. The van der Waals surface area contributed by atoms with Crippen LogP contribution in [0.5, 0.6) is 11.5 Å². The minimum atomic E-state index is -0.779.